The van der Waals surface area contributed by atoms with Crippen LogP contribution in [0.15, 0.2) is 30.3 Å². The smallest absolute Gasteiger partial charge is 0.108 e. The Labute approximate surface area is 85.5 Å². The van der Waals surface area contributed by atoms with E-state index in [0.717, 1.165) is 5.56 Å². The highest BCUT2D eigenvalue weighted by Crippen LogP contribution is 2.24. The lowest BCUT2D eigenvalue weighted by Crippen LogP contribution is -2.25. The van der Waals surface area contributed by atoms with Crippen molar-refractivity contribution >= 4 is 0 Å². The molecule has 0 bridgehead atoms. The SMILES string of the molecule is COC(c1ccccc1)C(O)C(C)C. The number of aliphatic hydroxyl groups is 1. The van der Waals surface area contributed by atoms with Crippen molar-refractivity contribution in [1.29, 1.82) is 0 Å². The number of aliphatic hydroxyl groups excluding tert-OH is 1. The van der Waals surface area contributed by atoms with Crippen molar-refractivity contribution in [2.24, 2.45) is 5.92 Å². The van der Waals surface area contributed by atoms with Crippen LogP contribution in [0.25, 0.3) is 0 Å². The van der Waals surface area contributed by atoms with Gasteiger partial charge in [0.15, 0.2) is 0 Å². The van der Waals surface area contributed by atoms with Crippen molar-refractivity contribution in [2.75, 3.05) is 7.11 Å². The highest BCUT2D eigenvalue weighted by molar-refractivity contribution is 5.18. The molecule has 2 unspecified atom stereocenters. The Morgan fingerprint density at radius 3 is 2.14 bits per heavy atom. The first kappa shape index (κ1) is 11.2. The molecule has 0 saturated carbocycles. The molecule has 0 aliphatic rings. The van der Waals surface area contributed by atoms with E-state index in [1.807, 2.05) is 44.2 Å². The molecule has 0 aliphatic carbocycles. The zero-order valence-corrected chi connectivity index (χ0v) is 8.97. The highest BCUT2D eigenvalue weighted by atomic mass is 16.5. The number of rotatable bonds is 4. The summed E-state index contributed by atoms with van der Waals surface area (Å²) < 4.78 is 5.31. The molecule has 1 aromatic carbocycles. The van der Waals surface area contributed by atoms with Crippen LogP contribution in [0.1, 0.15) is 25.5 Å². The maximum Gasteiger partial charge on any atom is 0.108 e. The maximum atomic E-state index is 9.91. The van der Waals surface area contributed by atoms with Gasteiger partial charge in [0.25, 0.3) is 0 Å². The second kappa shape index (κ2) is 5.13. The summed E-state index contributed by atoms with van der Waals surface area (Å²) in [5.41, 5.74) is 1.02. The number of methoxy groups -OCH3 is 1. The zero-order valence-electron chi connectivity index (χ0n) is 8.97. The van der Waals surface area contributed by atoms with Gasteiger partial charge >= 0.3 is 0 Å². The molecule has 2 atom stereocenters. The minimum atomic E-state index is -0.456. The number of benzene rings is 1. The molecule has 78 valence electrons. The Bertz CT molecular complexity index is 256. The van der Waals surface area contributed by atoms with Crippen LogP contribution in [0, 0.1) is 5.92 Å². The zero-order chi connectivity index (χ0) is 10.6. The van der Waals surface area contributed by atoms with Gasteiger partial charge < -0.3 is 9.84 Å². The average molecular weight is 194 g/mol. The number of hydrogen-bond donors (Lipinski definition) is 1. The van der Waals surface area contributed by atoms with E-state index in [0.29, 0.717) is 0 Å². The Balaban J connectivity index is 2.82. The third-order valence-electron chi connectivity index (χ3n) is 2.38. The van der Waals surface area contributed by atoms with Crippen molar-refractivity contribution in [3.63, 3.8) is 0 Å². The van der Waals surface area contributed by atoms with Crippen LogP contribution in [0.4, 0.5) is 0 Å². The third kappa shape index (κ3) is 2.56. The lowest BCUT2D eigenvalue weighted by molar-refractivity contribution is -0.0360. The van der Waals surface area contributed by atoms with Gasteiger partial charge in [0, 0.05) is 7.11 Å². The van der Waals surface area contributed by atoms with Crippen molar-refractivity contribution in [3.8, 4) is 0 Å². The van der Waals surface area contributed by atoms with Crippen LogP contribution in [0.5, 0.6) is 0 Å². The number of ether oxygens (including phenoxy) is 1. The minimum Gasteiger partial charge on any atom is -0.390 e. The maximum absolute atomic E-state index is 9.91. The predicted octanol–water partition coefficient (Wildman–Crippen LogP) is 2.39. The van der Waals surface area contributed by atoms with Crippen LogP contribution in [-0.4, -0.2) is 18.3 Å². The fraction of sp³-hybridized carbons (Fsp3) is 0.500. The first-order valence-corrected chi connectivity index (χ1v) is 4.92. The number of hydrogen-bond acceptors (Lipinski definition) is 2. The summed E-state index contributed by atoms with van der Waals surface area (Å²) in [6, 6.07) is 9.81. The second-order valence-corrected chi connectivity index (χ2v) is 3.80. The van der Waals surface area contributed by atoms with E-state index >= 15 is 0 Å². The average Bonchev–Trinajstić information content (AvgIpc) is 2.20. The van der Waals surface area contributed by atoms with Crippen molar-refractivity contribution in [2.45, 2.75) is 26.1 Å². The van der Waals surface area contributed by atoms with Crippen LogP contribution in [0.2, 0.25) is 0 Å². The van der Waals surface area contributed by atoms with Gasteiger partial charge in [0.1, 0.15) is 6.10 Å². The topological polar surface area (TPSA) is 29.5 Å². The lowest BCUT2D eigenvalue weighted by Gasteiger charge is -2.24. The van der Waals surface area contributed by atoms with E-state index in [1.54, 1.807) is 7.11 Å². The van der Waals surface area contributed by atoms with E-state index in [1.165, 1.54) is 0 Å². The van der Waals surface area contributed by atoms with Crippen LogP contribution < -0.4 is 0 Å². The molecule has 2 heteroatoms. The van der Waals surface area contributed by atoms with Gasteiger partial charge in [-0.3, -0.25) is 0 Å². The Morgan fingerprint density at radius 1 is 1.14 bits per heavy atom. The second-order valence-electron chi connectivity index (χ2n) is 3.80. The van der Waals surface area contributed by atoms with Gasteiger partial charge in [-0.15, -0.1) is 0 Å². The van der Waals surface area contributed by atoms with Gasteiger partial charge in [0.05, 0.1) is 6.10 Å². The standard InChI is InChI=1S/C12H18O2/c1-9(2)11(13)12(14-3)10-7-5-4-6-8-10/h4-9,11-13H,1-3H3. The molecule has 1 rings (SSSR count). The summed E-state index contributed by atoms with van der Waals surface area (Å²) in [6.45, 7) is 3.97. The largest absolute Gasteiger partial charge is 0.390 e. The van der Waals surface area contributed by atoms with E-state index in [9.17, 15) is 5.11 Å². The fourth-order valence-electron chi connectivity index (χ4n) is 1.46. The van der Waals surface area contributed by atoms with Crippen LogP contribution in [-0.2, 0) is 4.74 Å². The Morgan fingerprint density at radius 2 is 1.71 bits per heavy atom. The van der Waals surface area contributed by atoms with Gasteiger partial charge in [-0.25, -0.2) is 0 Å². The molecule has 0 saturated heterocycles. The van der Waals surface area contributed by atoms with Crippen LogP contribution in [0.3, 0.4) is 0 Å². The van der Waals surface area contributed by atoms with Crippen molar-refractivity contribution < 1.29 is 9.84 Å². The van der Waals surface area contributed by atoms with Gasteiger partial charge in [-0.05, 0) is 11.5 Å². The molecule has 0 amide bonds. The highest BCUT2D eigenvalue weighted by Gasteiger charge is 2.23. The quantitative estimate of drug-likeness (QED) is 0.797. The molecule has 0 fully saturated rings. The molecule has 0 aliphatic heterocycles. The molecule has 1 N–H and O–H groups in total. The molecule has 14 heavy (non-hydrogen) atoms. The van der Waals surface area contributed by atoms with Gasteiger partial charge in [-0.1, -0.05) is 44.2 Å². The summed E-state index contributed by atoms with van der Waals surface area (Å²) in [4.78, 5) is 0. The third-order valence-corrected chi connectivity index (χ3v) is 2.38. The van der Waals surface area contributed by atoms with Gasteiger partial charge in [-0.2, -0.15) is 0 Å². The summed E-state index contributed by atoms with van der Waals surface area (Å²) in [5, 5.41) is 9.91. The Kier molecular flexibility index (Phi) is 4.11. The molecule has 0 spiro atoms. The fourth-order valence-corrected chi connectivity index (χ4v) is 1.46. The normalized spacial score (nSPS) is 15.5. The Hall–Kier alpha value is -0.860. The molecule has 1 aromatic rings. The van der Waals surface area contributed by atoms with Gasteiger partial charge in [0.2, 0.25) is 0 Å². The molecule has 0 aromatic heterocycles. The summed E-state index contributed by atoms with van der Waals surface area (Å²) in [7, 11) is 1.63. The van der Waals surface area contributed by atoms with Crippen LogP contribution >= 0.6 is 0 Å². The van der Waals surface area contributed by atoms with E-state index in [-0.39, 0.29) is 12.0 Å². The van der Waals surface area contributed by atoms with E-state index < -0.39 is 6.10 Å². The van der Waals surface area contributed by atoms with Crippen molar-refractivity contribution in [1.82, 2.24) is 0 Å². The monoisotopic (exact) mass is 194 g/mol. The summed E-state index contributed by atoms with van der Waals surface area (Å²) in [6.07, 6.45) is -0.682. The molecular weight excluding hydrogens is 176 g/mol. The summed E-state index contributed by atoms with van der Waals surface area (Å²) in [5.74, 6) is 0.195. The minimum absolute atomic E-state index is 0.195. The first-order valence-electron chi connectivity index (χ1n) is 4.92. The summed E-state index contributed by atoms with van der Waals surface area (Å²) >= 11 is 0. The lowest BCUT2D eigenvalue weighted by atomic mass is 9.96. The first-order chi connectivity index (χ1) is 6.66. The van der Waals surface area contributed by atoms with Crippen molar-refractivity contribution in [3.05, 3.63) is 35.9 Å². The van der Waals surface area contributed by atoms with E-state index in [2.05, 4.69) is 0 Å². The molecular formula is C12H18O2. The molecule has 0 radical (unpaired) electrons. The molecule has 2 nitrogen and oxygen atoms in total. The van der Waals surface area contributed by atoms with E-state index in [4.69, 9.17) is 4.74 Å². The molecule has 0 heterocycles. The predicted molar refractivity (Wildman–Crippen MR) is 57.0 cm³/mol.